The number of pyridine rings is 1. The second-order valence-electron chi connectivity index (χ2n) is 4.76. The molecule has 3 aromatic rings. The Bertz CT molecular complexity index is 881. The fourth-order valence-electron chi connectivity index (χ4n) is 1.98. The van der Waals surface area contributed by atoms with Crippen LogP contribution in [0.1, 0.15) is 15.4 Å². The molecule has 0 aliphatic rings. The number of hydrogen-bond donors (Lipinski definition) is 1. The Labute approximate surface area is 152 Å². The van der Waals surface area contributed by atoms with Crippen molar-refractivity contribution in [2.45, 2.75) is 6.61 Å². The summed E-state index contributed by atoms with van der Waals surface area (Å²) in [6, 6.07) is 8.87. The molecule has 24 heavy (non-hydrogen) atoms. The maximum atomic E-state index is 11.3. The third-order valence-electron chi connectivity index (χ3n) is 3.15. The molecule has 5 nitrogen and oxygen atoms in total. The van der Waals surface area contributed by atoms with Crippen LogP contribution in [0.3, 0.4) is 0 Å². The number of rotatable bonds is 5. The number of halogens is 2. The van der Waals surface area contributed by atoms with Crippen LogP contribution in [0.25, 0.3) is 11.3 Å². The predicted octanol–water partition coefficient (Wildman–Crippen LogP) is 4.19. The SMILES string of the molecule is NC(=O)c1ccnc(OCc2nc(-c3ccc(Cl)cc3)cs2)c1Cl. The van der Waals surface area contributed by atoms with E-state index >= 15 is 0 Å². The van der Waals surface area contributed by atoms with Crippen molar-refractivity contribution in [1.82, 2.24) is 9.97 Å². The molecule has 1 amide bonds. The van der Waals surface area contributed by atoms with Gasteiger partial charge in [-0.2, -0.15) is 0 Å². The van der Waals surface area contributed by atoms with E-state index in [1.165, 1.54) is 23.6 Å². The van der Waals surface area contributed by atoms with Crippen LogP contribution in [0.2, 0.25) is 10.0 Å². The van der Waals surface area contributed by atoms with Gasteiger partial charge >= 0.3 is 0 Å². The van der Waals surface area contributed by atoms with E-state index in [9.17, 15) is 4.79 Å². The van der Waals surface area contributed by atoms with Crippen molar-refractivity contribution in [2.75, 3.05) is 0 Å². The number of amides is 1. The third-order valence-corrected chi connectivity index (χ3v) is 4.59. The van der Waals surface area contributed by atoms with E-state index < -0.39 is 5.91 Å². The van der Waals surface area contributed by atoms with Crippen LogP contribution in [0.5, 0.6) is 5.88 Å². The molecule has 0 aliphatic carbocycles. The Balaban J connectivity index is 1.73. The van der Waals surface area contributed by atoms with E-state index in [1.54, 1.807) is 0 Å². The van der Waals surface area contributed by atoms with E-state index in [4.69, 9.17) is 33.7 Å². The number of ether oxygens (including phenoxy) is 1. The number of nitrogens with two attached hydrogens (primary N) is 1. The molecule has 0 saturated heterocycles. The first-order valence-corrected chi connectivity index (χ1v) is 8.45. The van der Waals surface area contributed by atoms with Gasteiger partial charge in [0.1, 0.15) is 16.6 Å². The van der Waals surface area contributed by atoms with Gasteiger partial charge in [-0.05, 0) is 18.2 Å². The standard InChI is InChI=1S/C16H11Cl2N3O2S/c17-10-3-1-9(2-4-10)12-8-24-13(21-12)7-23-16-14(18)11(15(19)22)5-6-20-16/h1-6,8H,7H2,(H2,19,22). The molecule has 3 rings (SSSR count). The van der Waals surface area contributed by atoms with Crippen LogP contribution >= 0.6 is 34.5 Å². The van der Waals surface area contributed by atoms with Crippen molar-refractivity contribution in [1.29, 1.82) is 0 Å². The van der Waals surface area contributed by atoms with Crippen molar-refractivity contribution in [2.24, 2.45) is 5.73 Å². The summed E-state index contributed by atoms with van der Waals surface area (Å²) in [7, 11) is 0. The van der Waals surface area contributed by atoms with Crippen molar-refractivity contribution < 1.29 is 9.53 Å². The van der Waals surface area contributed by atoms with Gasteiger partial charge in [0, 0.05) is 22.2 Å². The zero-order chi connectivity index (χ0) is 17.1. The second-order valence-corrected chi connectivity index (χ2v) is 6.52. The smallest absolute Gasteiger partial charge is 0.250 e. The van der Waals surface area contributed by atoms with Crippen LogP contribution in [0.4, 0.5) is 0 Å². The lowest BCUT2D eigenvalue weighted by molar-refractivity contribution is 0.0999. The molecule has 0 aliphatic heterocycles. The summed E-state index contributed by atoms with van der Waals surface area (Å²) in [4.78, 5) is 19.8. The Morgan fingerprint density at radius 1 is 1.21 bits per heavy atom. The van der Waals surface area contributed by atoms with Gasteiger partial charge in [-0.25, -0.2) is 9.97 Å². The maximum Gasteiger partial charge on any atom is 0.250 e. The van der Waals surface area contributed by atoms with Gasteiger partial charge < -0.3 is 10.5 Å². The molecule has 0 radical (unpaired) electrons. The first kappa shape index (κ1) is 16.7. The van der Waals surface area contributed by atoms with Gasteiger partial charge in [0.2, 0.25) is 11.8 Å². The van der Waals surface area contributed by atoms with E-state index in [2.05, 4.69) is 9.97 Å². The molecule has 0 saturated carbocycles. The summed E-state index contributed by atoms with van der Waals surface area (Å²) >= 11 is 13.4. The molecule has 0 atom stereocenters. The first-order chi connectivity index (χ1) is 11.5. The summed E-state index contributed by atoms with van der Waals surface area (Å²) < 4.78 is 5.56. The van der Waals surface area contributed by atoms with Gasteiger partial charge in [-0.3, -0.25) is 4.79 Å². The molecule has 1 aromatic carbocycles. The lowest BCUT2D eigenvalue weighted by Crippen LogP contribution is -2.12. The summed E-state index contributed by atoms with van der Waals surface area (Å²) in [6.07, 6.45) is 1.42. The number of carbonyl (C=O) groups is 1. The van der Waals surface area contributed by atoms with Gasteiger partial charge in [-0.15, -0.1) is 11.3 Å². The minimum absolute atomic E-state index is 0.0967. The zero-order valence-electron chi connectivity index (χ0n) is 12.2. The summed E-state index contributed by atoms with van der Waals surface area (Å²) in [5.41, 5.74) is 7.21. The molecule has 2 aromatic heterocycles. The molecule has 122 valence electrons. The summed E-state index contributed by atoms with van der Waals surface area (Å²) in [6.45, 7) is 0.188. The lowest BCUT2D eigenvalue weighted by Gasteiger charge is -2.07. The topological polar surface area (TPSA) is 78.1 Å². The minimum Gasteiger partial charge on any atom is -0.469 e. The third kappa shape index (κ3) is 3.67. The molecule has 8 heteroatoms. The van der Waals surface area contributed by atoms with Crippen LogP contribution < -0.4 is 10.5 Å². The Kier molecular flexibility index (Phi) is 4.99. The molecular formula is C16H11Cl2N3O2S. The molecule has 2 N–H and O–H groups in total. The average molecular weight is 380 g/mol. The predicted molar refractivity (Wildman–Crippen MR) is 94.7 cm³/mol. The number of benzene rings is 1. The molecular weight excluding hydrogens is 369 g/mol. The van der Waals surface area contributed by atoms with Crippen molar-refractivity contribution in [3.8, 4) is 17.1 Å². The second kappa shape index (κ2) is 7.17. The Morgan fingerprint density at radius 2 is 1.96 bits per heavy atom. The quantitative estimate of drug-likeness (QED) is 0.720. The number of carbonyl (C=O) groups excluding carboxylic acids is 1. The van der Waals surface area contributed by atoms with Crippen LogP contribution in [-0.2, 0) is 6.61 Å². The fourth-order valence-corrected chi connectivity index (χ4v) is 3.08. The number of primary amides is 1. The molecule has 2 heterocycles. The highest BCUT2D eigenvalue weighted by atomic mass is 35.5. The normalized spacial score (nSPS) is 10.6. The van der Waals surface area contributed by atoms with Gasteiger partial charge in [0.05, 0.1) is 11.3 Å². The van der Waals surface area contributed by atoms with E-state index in [0.29, 0.717) is 5.02 Å². The van der Waals surface area contributed by atoms with E-state index in [-0.39, 0.29) is 23.1 Å². The van der Waals surface area contributed by atoms with Crippen LogP contribution in [-0.4, -0.2) is 15.9 Å². The van der Waals surface area contributed by atoms with Crippen molar-refractivity contribution >= 4 is 40.4 Å². The summed E-state index contributed by atoms with van der Waals surface area (Å²) in [5.74, 6) is -0.484. The lowest BCUT2D eigenvalue weighted by atomic mass is 10.2. The highest BCUT2D eigenvalue weighted by molar-refractivity contribution is 7.09. The fraction of sp³-hybridized carbons (Fsp3) is 0.0625. The zero-order valence-corrected chi connectivity index (χ0v) is 14.5. The van der Waals surface area contributed by atoms with Crippen molar-refractivity contribution in [3.63, 3.8) is 0 Å². The van der Waals surface area contributed by atoms with Gasteiger partial charge in [-0.1, -0.05) is 35.3 Å². The number of hydrogen-bond acceptors (Lipinski definition) is 5. The molecule has 0 spiro atoms. The maximum absolute atomic E-state index is 11.3. The van der Waals surface area contributed by atoms with Crippen LogP contribution in [0.15, 0.2) is 41.9 Å². The average Bonchev–Trinajstić information content (AvgIpc) is 3.03. The molecule has 0 fully saturated rings. The Hall–Kier alpha value is -2.15. The highest BCUT2D eigenvalue weighted by Crippen LogP contribution is 2.27. The number of aromatic nitrogens is 2. The van der Waals surface area contributed by atoms with Gasteiger partial charge in [0.15, 0.2) is 0 Å². The molecule has 0 bridgehead atoms. The monoisotopic (exact) mass is 379 g/mol. The first-order valence-electron chi connectivity index (χ1n) is 6.82. The largest absolute Gasteiger partial charge is 0.469 e. The molecule has 0 unspecified atom stereocenters. The Morgan fingerprint density at radius 3 is 2.67 bits per heavy atom. The van der Waals surface area contributed by atoms with Crippen LogP contribution in [0, 0.1) is 0 Å². The minimum atomic E-state index is -0.633. The number of thiazole rings is 1. The number of nitrogens with zero attached hydrogens (tertiary/aromatic N) is 2. The summed E-state index contributed by atoms with van der Waals surface area (Å²) in [5, 5.41) is 3.45. The van der Waals surface area contributed by atoms with Crippen molar-refractivity contribution in [3.05, 3.63) is 62.5 Å². The highest BCUT2D eigenvalue weighted by Gasteiger charge is 2.14. The van der Waals surface area contributed by atoms with E-state index in [1.807, 2.05) is 29.6 Å². The van der Waals surface area contributed by atoms with Gasteiger partial charge in [0.25, 0.3) is 0 Å². The van der Waals surface area contributed by atoms with E-state index in [0.717, 1.165) is 16.3 Å².